The van der Waals surface area contributed by atoms with E-state index in [9.17, 15) is 26.7 Å². The number of nitrogens with zero attached hydrogens (tertiary/aromatic N) is 5. The summed E-state index contributed by atoms with van der Waals surface area (Å²) in [7, 11) is 0. The van der Waals surface area contributed by atoms with Gasteiger partial charge in [-0.2, -0.15) is 27.1 Å². The normalized spacial score (nSPS) is 14.5. The Bertz CT molecular complexity index is 1110. The molecular weight excluding hydrogens is 437 g/mol. The number of rotatable bonds is 6. The molecule has 0 spiro atoms. The van der Waals surface area contributed by atoms with Crippen LogP contribution in [-0.4, -0.2) is 51.0 Å². The van der Waals surface area contributed by atoms with Gasteiger partial charge in [-0.15, -0.1) is 0 Å². The summed E-state index contributed by atoms with van der Waals surface area (Å²) in [6, 6.07) is 8.35. The summed E-state index contributed by atoms with van der Waals surface area (Å²) in [5.74, 6) is -4.26. The highest BCUT2D eigenvalue weighted by molar-refractivity contribution is 5.94. The van der Waals surface area contributed by atoms with Gasteiger partial charge in [0.05, 0.1) is 11.9 Å². The molecule has 1 aromatic carbocycles. The highest BCUT2D eigenvalue weighted by Crippen LogP contribution is 2.36. The second kappa shape index (κ2) is 8.05. The highest BCUT2D eigenvalue weighted by Gasteiger charge is 2.57. The quantitative estimate of drug-likeness (QED) is 0.555. The zero-order valence-corrected chi connectivity index (χ0v) is 16.3. The minimum atomic E-state index is -5.66. The van der Waals surface area contributed by atoms with E-state index in [1.807, 2.05) is 0 Å². The van der Waals surface area contributed by atoms with Gasteiger partial charge in [-0.25, -0.2) is 14.8 Å². The summed E-state index contributed by atoms with van der Waals surface area (Å²) in [5.41, 5.74) is 1.57. The third-order valence-corrected chi connectivity index (χ3v) is 4.63. The van der Waals surface area contributed by atoms with Crippen molar-refractivity contribution < 1.29 is 26.7 Å². The van der Waals surface area contributed by atoms with Crippen LogP contribution in [0.15, 0.2) is 48.9 Å². The molecule has 0 bridgehead atoms. The molecule has 32 heavy (non-hydrogen) atoms. The van der Waals surface area contributed by atoms with E-state index < -0.39 is 18.6 Å². The largest absolute Gasteiger partial charge is 0.455 e. The zero-order valence-electron chi connectivity index (χ0n) is 16.3. The molecule has 0 radical (unpaired) electrons. The average molecular weight is 453 g/mol. The lowest BCUT2D eigenvalue weighted by Gasteiger charge is -2.19. The maximum absolute atomic E-state index is 13.2. The van der Waals surface area contributed by atoms with Gasteiger partial charge in [0, 0.05) is 36.7 Å². The van der Waals surface area contributed by atoms with E-state index in [0.29, 0.717) is 35.0 Å². The van der Waals surface area contributed by atoms with Crippen molar-refractivity contribution in [3.8, 4) is 11.4 Å². The molecule has 1 fully saturated rings. The van der Waals surface area contributed by atoms with Gasteiger partial charge in [-0.05, 0) is 30.3 Å². The summed E-state index contributed by atoms with van der Waals surface area (Å²) >= 11 is 0. The predicted octanol–water partition coefficient (Wildman–Crippen LogP) is 3.81. The maximum Gasteiger partial charge on any atom is 0.455 e. The summed E-state index contributed by atoms with van der Waals surface area (Å²) in [5, 5.41) is 9.05. The molecule has 0 unspecified atom stereocenters. The van der Waals surface area contributed by atoms with Gasteiger partial charge in [0.25, 0.3) is 0 Å². The van der Waals surface area contributed by atoms with Crippen LogP contribution in [0.25, 0.3) is 11.4 Å². The number of amides is 2. The smallest absolute Gasteiger partial charge is 0.338 e. The second-order valence-corrected chi connectivity index (χ2v) is 6.95. The number of carbonyl (C=O) groups is 1. The second-order valence-electron chi connectivity index (χ2n) is 6.95. The number of anilines is 3. The molecule has 1 saturated heterocycles. The van der Waals surface area contributed by atoms with E-state index in [0.717, 1.165) is 18.1 Å². The topological polar surface area (TPSA) is 88.0 Å². The number of alkyl halides is 5. The number of urea groups is 1. The molecule has 2 amide bonds. The summed E-state index contributed by atoms with van der Waals surface area (Å²) in [6.07, 6.45) is -2.06. The molecule has 3 aromatic rings. The van der Waals surface area contributed by atoms with Gasteiger partial charge in [0.2, 0.25) is 0 Å². The first kappa shape index (κ1) is 21.5. The van der Waals surface area contributed by atoms with Crippen molar-refractivity contribution >= 4 is 23.2 Å². The van der Waals surface area contributed by atoms with E-state index in [1.165, 1.54) is 12.3 Å². The molecule has 0 atom stereocenters. The van der Waals surface area contributed by atoms with Gasteiger partial charge in [0.15, 0.2) is 5.82 Å². The molecule has 168 valence electrons. The summed E-state index contributed by atoms with van der Waals surface area (Å²) in [4.78, 5) is 21.9. The lowest BCUT2D eigenvalue weighted by molar-refractivity contribution is -0.287. The summed E-state index contributed by atoms with van der Waals surface area (Å²) < 4.78 is 64.0. The fraction of sp³-hybridized carbons (Fsp3) is 0.263. The Morgan fingerprint density at radius 2 is 1.84 bits per heavy atom. The van der Waals surface area contributed by atoms with E-state index in [2.05, 4.69) is 25.7 Å². The van der Waals surface area contributed by atoms with E-state index >= 15 is 0 Å². The fourth-order valence-electron chi connectivity index (χ4n) is 3.03. The molecule has 0 aliphatic carbocycles. The molecule has 2 N–H and O–H groups in total. The van der Waals surface area contributed by atoms with Crippen molar-refractivity contribution in [2.75, 3.05) is 23.3 Å². The third-order valence-electron chi connectivity index (χ3n) is 4.63. The number of aromatic nitrogens is 4. The number of hydrogen-bond donors (Lipinski definition) is 2. The number of carbonyl (C=O) groups excluding carboxylic acids is 1. The van der Waals surface area contributed by atoms with E-state index in [-0.39, 0.29) is 11.7 Å². The molecule has 4 rings (SSSR count). The van der Waals surface area contributed by atoms with Crippen LogP contribution in [0, 0.1) is 0 Å². The van der Waals surface area contributed by atoms with Gasteiger partial charge in [0.1, 0.15) is 12.4 Å². The fourth-order valence-corrected chi connectivity index (χ4v) is 3.03. The lowest BCUT2D eigenvalue weighted by atomic mass is 10.2. The molecule has 2 aromatic heterocycles. The molecule has 0 saturated carbocycles. The van der Waals surface area contributed by atoms with Crippen LogP contribution in [0.5, 0.6) is 0 Å². The van der Waals surface area contributed by atoms with E-state index in [4.69, 9.17) is 0 Å². The Morgan fingerprint density at radius 3 is 2.50 bits per heavy atom. The van der Waals surface area contributed by atoms with Crippen molar-refractivity contribution in [1.82, 2.24) is 25.1 Å². The predicted molar refractivity (Wildman–Crippen MR) is 105 cm³/mol. The van der Waals surface area contributed by atoms with Crippen LogP contribution in [-0.2, 0) is 6.54 Å². The molecule has 13 heteroatoms. The van der Waals surface area contributed by atoms with Crippen LogP contribution in [0.1, 0.15) is 0 Å². The number of hydrogen-bond acceptors (Lipinski definition) is 5. The van der Waals surface area contributed by atoms with Gasteiger partial charge in [-0.1, -0.05) is 0 Å². The average Bonchev–Trinajstić information content (AvgIpc) is 3.36. The van der Waals surface area contributed by atoms with Gasteiger partial charge < -0.3 is 10.6 Å². The van der Waals surface area contributed by atoms with Crippen molar-refractivity contribution in [3.63, 3.8) is 0 Å². The Labute approximate surface area is 178 Å². The summed E-state index contributed by atoms with van der Waals surface area (Å²) in [6.45, 7) is -0.493. The Kier molecular flexibility index (Phi) is 5.40. The van der Waals surface area contributed by atoms with Crippen molar-refractivity contribution in [2.24, 2.45) is 0 Å². The number of nitrogens with one attached hydrogen (secondary N) is 2. The van der Waals surface area contributed by atoms with Crippen molar-refractivity contribution in [1.29, 1.82) is 0 Å². The minimum Gasteiger partial charge on any atom is -0.338 e. The van der Waals surface area contributed by atoms with Crippen LogP contribution < -0.4 is 15.5 Å². The Balaban J connectivity index is 1.46. The molecule has 1 aliphatic rings. The third kappa shape index (κ3) is 4.45. The number of halogens is 5. The Morgan fingerprint density at radius 1 is 1.09 bits per heavy atom. The highest BCUT2D eigenvalue weighted by atomic mass is 19.4. The van der Waals surface area contributed by atoms with Crippen LogP contribution in [0.4, 0.5) is 43.9 Å². The number of benzene rings is 1. The molecule has 1 aliphatic heterocycles. The van der Waals surface area contributed by atoms with Crippen molar-refractivity contribution in [2.45, 2.75) is 18.6 Å². The minimum absolute atomic E-state index is 0.172. The molecule has 3 heterocycles. The Hall–Kier alpha value is -3.77. The first-order chi connectivity index (χ1) is 15.1. The van der Waals surface area contributed by atoms with Crippen LogP contribution in [0.3, 0.4) is 0 Å². The van der Waals surface area contributed by atoms with Gasteiger partial charge >= 0.3 is 18.1 Å². The standard InChI is InChI=1S/C19H16F5N7O/c20-18(21,19(22,23)24)11-30-10-13(9-27-30)28-15-5-6-25-16(29-15)12-1-3-14(4-2-12)31-8-7-26-17(31)32/h1-6,9-10H,7-8,11H2,(H,26,32)(H,25,28,29). The lowest BCUT2D eigenvalue weighted by Crippen LogP contribution is -2.40. The van der Waals surface area contributed by atoms with Crippen LogP contribution in [0.2, 0.25) is 0 Å². The molecule has 8 nitrogen and oxygen atoms in total. The zero-order chi connectivity index (χ0) is 22.9. The van der Waals surface area contributed by atoms with E-state index in [1.54, 1.807) is 29.2 Å². The van der Waals surface area contributed by atoms with Crippen LogP contribution >= 0.6 is 0 Å². The first-order valence-electron chi connectivity index (χ1n) is 9.35. The van der Waals surface area contributed by atoms with Crippen molar-refractivity contribution in [3.05, 3.63) is 48.9 Å². The first-order valence-corrected chi connectivity index (χ1v) is 9.35. The molecular formula is C19H16F5N7O. The SMILES string of the molecule is O=C1NCCN1c1ccc(-c2nccc(Nc3cnn(CC(F)(F)C(F)(F)F)c3)n2)cc1. The maximum atomic E-state index is 13.2. The van der Waals surface area contributed by atoms with Gasteiger partial charge in [-0.3, -0.25) is 9.58 Å². The monoisotopic (exact) mass is 453 g/mol.